The van der Waals surface area contributed by atoms with Crippen molar-refractivity contribution < 1.29 is 4.79 Å². The summed E-state index contributed by atoms with van der Waals surface area (Å²) in [6, 6.07) is 6.15. The van der Waals surface area contributed by atoms with Crippen molar-refractivity contribution in [2.75, 3.05) is 18.8 Å². The van der Waals surface area contributed by atoms with Crippen LogP contribution in [-0.4, -0.2) is 35.7 Å². The first-order valence-corrected chi connectivity index (χ1v) is 8.55. The number of nitrogens with zero attached hydrogens (tertiary/aromatic N) is 1. The zero-order chi connectivity index (χ0) is 14.1. The molecule has 3 rings (SSSR count). The maximum absolute atomic E-state index is 12.0. The SMILES string of the molecule is Cl.O=C1CSC(c2ccc(Cl)cc2Cl)N1CCNC1CC1. The van der Waals surface area contributed by atoms with E-state index < -0.39 is 0 Å². The third kappa shape index (κ3) is 4.20. The number of hydrogen-bond donors (Lipinski definition) is 1. The molecule has 1 amide bonds. The van der Waals surface area contributed by atoms with Gasteiger partial charge in [0.05, 0.1) is 5.75 Å². The number of thioether (sulfide) groups is 1. The molecular weight excluding hydrogens is 351 g/mol. The Kier molecular flexibility index (Phi) is 6.09. The predicted octanol–water partition coefficient (Wildman–Crippen LogP) is 3.74. The molecule has 1 saturated carbocycles. The maximum Gasteiger partial charge on any atom is 0.233 e. The van der Waals surface area contributed by atoms with Gasteiger partial charge in [0, 0.05) is 34.7 Å². The van der Waals surface area contributed by atoms with Crippen LogP contribution in [0.15, 0.2) is 18.2 Å². The van der Waals surface area contributed by atoms with Crippen LogP contribution in [0.1, 0.15) is 23.8 Å². The molecular formula is C14H17Cl3N2OS. The highest BCUT2D eigenvalue weighted by molar-refractivity contribution is 8.00. The van der Waals surface area contributed by atoms with E-state index in [0.717, 1.165) is 18.7 Å². The summed E-state index contributed by atoms with van der Waals surface area (Å²) in [6.45, 7) is 1.57. The minimum atomic E-state index is 0. The minimum Gasteiger partial charge on any atom is -0.325 e. The number of benzene rings is 1. The Bertz CT molecular complexity index is 525. The number of amides is 1. The summed E-state index contributed by atoms with van der Waals surface area (Å²) in [6.07, 6.45) is 2.52. The fourth-order valence-electron chi connectivity index (χ4n) is 2.33. The topological polar surface area (TPSA) is 32.3 Å². The van der Waals surface area contributed by atoms with Gasteiger partial charge in [-0.1, -0.05) is 29.3 Å². The van der Waals surface area contributed by atoms with Crippen LogP contribution in [-0.2, 0) is 4.79 Å². The van der Waals surface area contributed by atoms with Crippen molar-refractivity contribution in [3.8, 4) is 0 Å². The standard InChI is InChI=1S/C14H16Cl2N2OS.ClH/c15-9-1-4-11(12(16)7-9)14-18(13(19)8-20-14)6-5-17-10-2-3-10;/h1,4,7,10,14,17H,2-3,5-6,8H2;1H. The summed E-state index contributed by atoms with van der Waals surface area (Å²) in [7, 11) is 0. The first kappa shape index (κ1) is 17.2. The van der Waals surface area contributed by atoms with Crippen LogP contribution in [0.2, 0.25) is 10.0 Å². The molecule has 0 radical (unpaired) electrons. The largest absolute Gasteiger partial charge is 0.325 e. The van der Waals surface area contributed by atoms with E-state index >= 15 is 0 Å². The van der Waals surface area contributed by atoms with E-state index in [1.54, 1.807) is 17.8 Å². The Labute approximate surface area is 145 Å². The number of carbonyl (C=O) groups is 1. The van der Waals surface area contributed by atoms with Gasteiger partial charge in [0.25, 0.3) is 0 Å². The van der Waals surface area contributed by atoms with Crippen LogP contribution in [0.3, 0.4) is 0 Å². The van der Waals surface area contributed by atoms with Gasteiger partial charge in [-0.3, -0.25) is 4.79 Å². The molecule has 2 aliphatic rings. The monoisotopic (exact) mass is 366 g/mol. The quantitative estimate of drug-likeness (QED) is 0.860. The van der Waals surface area contributed by atoms with E-state index in [4.69, 9.17) is 23.2 Å². The predicted molar refractivity (Wildman–Crippen MR) is 91.6 cm³/mol. The molecule has 2 fully saturated rings. The maximum atomic E-state index is 12.0. The molecule has 116 valence electrons. The Morgan fingerprint density at radius 2 is 2.10 bits per heavy atom. The van der Waals surface area contributed by atoms with E-state index in [1.165, 1.54) is 12.8 Å². The molecule has 1 aliphatic heterocycles. The highest BCUT2D eigenvalue weighted by Gasteiger charge is 2.34. The lowest BCUT2D eigenvalue weighted by Gasteiger charge is -2.25. The summed E-state index contributed by atoms with van der Waals surface area (Å²) in [5.41, 5.74) is 0.971. The summed E-state index contributed by atoms with van der Waals surface area (Å²) >= 11 is 13.8. The van der Waals surface area contributed by atoms with Gasteiger partial charge in [-0.15, -0.1) is 24.2 Å². The highest BCUT2D eigenvalue weighted by atomic mass is 35.5. The third-order valence-corrected chi connectivity index (χ3v) is 5.36. The van der Waals surface area contributed by atoms with E-state index in [0.29, 0.717) is 21.8 Å². The lowest BCUT2D eigenvalue weighted by molar-refractivity contribution is -0.128. The van der Waals surface area contributed by atoms with Gasteiger partial charge in [0.2, 0.25) is 5.91 Å². The van der Waals surface area contributed by atoms with E-state index in [2.05, 4.69) is 5.32 Å². The third-order valence-electron chi connectivity index (χ3n) is 3.56. The molecule has 1 saturated heterocycles. The molecule has 0 spiro atoms. The van der Waals surface area contributed by atoms with Crippen LogP contribution in [0.5, 0.6) is 0 Å². The Balaban J connectivity index is 0.00000161. The lowest BCUT2D eigenvalue weighted by atomic mass is 10.2. The zero-order valence-corrected chi connectivity index (χ0v) is 14.5. The Morgan fingerprint density at radius 1 is 1.33 bits per heavy atom. The number of halogens is 3. The summed E-state index contributed by atoms with van der Waals surface area (Å²) in [4.78, 5) is 13.9. The van der Waals surface area contributed by atoms with Gasteiger partial charge in [-0.2, -0.15) is 0 Å². The minimum absolute atomic E-state index is 0. The summed E-state index contributed by atoms with van der Waals surface area (Å²) in [5.74, 6) is 0.705. The Hall–Kier alpha value is -0.130. The van der Waals surface area contributed by atoms with Gasteiger partial charge in [-0.05, 0) is 25.0 Å². The van der Waals surface area contributed by atoms with Crippen molar-refractivity contribution in [1.29, 1.82) is 0 Å². The lowest BCUT2D eigenvalue weighted by Crippen LogP contribution is -2.35. The second-order valence-corrected chi connectivity index (χ2v) is 7.06. The van der Waals surface area contributed by atoms with Crippen molar-refractivity contribution in [3.05, 3.63) is 33.8 Å². The first-order valence-electron chi connectivity index (χ1n) is 6.74. The van der Waals surface area contributed by atoms with Crippen LogP contribution < -0.4 is 5.32 Å². The van der Waals surface area contributed by atoms with Crippen molar-refractivity contribution in [3.63, 3.8) is 0 Å². The fourth-order valence-corrected chi connectivity index (χ4v) is 4.16. The van der Waals surface area contributed by atoms with Crippen LogP contribution in [0, 0.1) is 0 Å². The van der Waals surface area contributed by atoms with Gasteiger partial charge < -0.3 is 10.2 Å². The second kappa shape index (κ2) is 7.42. The number of hydrogen-bond acceptors (Lipinski definition) is 3. The molecule has 0 aromatic heterocycles. The molecule has 1 atom stereocenters. The van der Waals surface area contributed by atoms with Gasteiger partial charge in [-0.25, -0.2) is 0 Å². The molecule has 0 bridgehead atoms. The van der Waals surface area contributed by atoms with Crippen molar-refractivity contribution in [2.24, 2.45) is 0 Å². The van der Waals surface area contributed by atoms with Crippen molar-refractivity contribution >= 4 is 53.3 Å². The smallest absolute Gasteiger partial charge is 0.233 e. The van der Waals surface area contributed by atoms with E-state index in [-0.39, 0.29) is 23.7 Å². The van der Waals surface area contributed by atoms with E-state index in [1.807, 2.05) is 17.0 Å². The normalized spacial score (nSPS) is 21.5. The second-order valence-electron chi connectivity index (χ2n) is 5.14. The molecule has 1 N–H and O–H groups in total. The van der Waals surface area contributed by atoms with Gasteiger partial charge >= 0.3 is 0 Å². The summed E-state index contributed by atoms with van der Waals surface area (Å²) in [5, 5.41) is 4.70. The molecule has 1 aromatic carbocycles. The summed E-state index contributed by atoms with van der Waals surface area (Å²) < 4.78 is 0. The highest BCUT2D eigenvalue weighted by Crippen LogP contribution is 2.41. The van der Waals surface area contributed by atoms with Crippen molar-refractivity contribution in [1.82, 2.24) is 10.2 Å². The molecule has 1 aromatic rings. The fraction of sp³-hybridized carbons (Fsp3) is 0.500. The molecule has 1 unspecified atom stereocenters. The van der Waals surface area contributed by atoms with Crippen LogP contribution in [0.25, 0.3) is 0 Å². The van der Waals surface area contributed by atoms with Crippen molar-refractivity contribution in [2.45, 2.75) is 24.3 Å². The Morgan fingerprint density at radius 3 is 2.76 bits per heavy atom. The van der Waals surface area contributed by atoms with Gasteiger partial charge in [0.15, 0.2) is 0 Å². The molecule has 1 aliphatic carbocycles. The number of rotatable bonds is 5. The van der Waals surface area contributed by atoms with Crippen LogP contribution in [0.4, 0.5) is 0 Å². The first-order chi connectivity index (χ1) is 9.65. The molecule has 3 nitrogen and oxygen atoms in total. The zero-order valence-electron chi connectivity index (χ0n) is 11.4. The number of nitrogens with one attached hydrogen (secondary N) is 1. The van der Waals surface area contributed by atoms with Crippen LogP contribution >= 0.6 is 47.4 Å². The molecule has 7 heteroatoms. The van der Waals surface area contributed by atoms with E-state index in [9.17, 15) is 4.79 Å². The molecule has 21 heavy (non-hydrogen) atoms. The van der Waals surface area contributed by atoms with Gasteiger partial charge in [0.1, 0.15) is 5.37 Å². The number of carbonyl (C=O) groups excluding carboxylic acids is 1. The molecule has 1 heterocycles. The average molecular weight is 368 g/mol. The average Bonchev–Trinajstić information content (AvgIpc) is 3.16.